The molecule has 0 amide bonds. The fourth-order valence-electron chi connectivity index (χ4n) is 1.04. The van der Waals surface area contributed by atoms with Gasteiger partial charge in [-0.25, -0.2) is 0 Å². The van der Waals surface area contributed by atoms with E-state index in [2.05, 4.69) is 15.9 Å². The molecular formula is C8H10BrNO2. The highest BCUT2D eigenvalue weighted by molar-refractivity contribution is 9.09. The van der Waals surface area contributed by atoms with Gasteiger partial charge in [-0.1, -0.05) is 15.9 Å². The predicted octanol–water partition coefficient (Wildman–Crippen LogP) is 1.33. The van der Waals surface area contributed by atoms with Crippen LogP contribution in [0.1, 0.15) is 11.3 Å². The van der Waals surface area contributed by atoms with Crippen LogP contribution in [0.25, 0.3) is 0 Å². The van der Waals surface area contributed by atoms with Gasteiger partial charge in [-0.2, -0.15) is 4.73 Å². The molecule has 1 rings (SSSR count). The topological polar surface area (TPSA) is 42.2 Å². The van der Waals surface area contributed by atoms with E-state index in [4.69, 9.17) is 0 Å². The zero-order valence-electron chi connectivity index (χ0n) is 6.75. The summed E-state index contributed by atoms with van der Waals surface area (Å²) in [4.78, 5) is 11.0. The Hall–Kier alpha value is -0.770. The quantitative estimate of drug-likeness (QED) is 0.617. The summed E-state index contributed by atoms with van der Waals surface area (Å²) in [5.41, 5.74) is 1.14. The van der Waals surface area contributed by atoms with Gasteiger partial charge in [-0.05, 0) is 18.6 Å². The van der Waals surface area contributed by atoms with Crippen molar-refractivity contribution in [1.82, 2.24) is 4.73 Å². The molecule has 0 radical (unpaired) electrons. The summed E-state index contributed by atoms with van der Waals surface area (Å²) in [7, 11) is 0. The molecule has 1 aromatic rings. The van der Waals surface area contributed by atoms with E-state index in [0.717, 1.165) is 10.9 Å². The molecule has 1 heterocycles. The first-order chi connectivity index (χ1) is 5.65. The molecule has 0 unspecified atom stereocenters. The number of aryl methyl sites for hydroxylation is 2. The van der Waals surface area contributed by atoms with Gasteiger partial charge in [0.15, 0.2) is 0 Å². The molecule has 0 saturated heterocycles. The van der Waals surface area contributed by atoms with Gasteiger partial charge in [0.05, 0.1) is 5.69 Å². The van der Waals surface area contributed by atoms with Crippen molar-refractivity contribution in [3.63, 3.8) is 0 Å². The molecule has 1 N–H and O–H groups in total. The van der Waals surface area contributed by atoms with Gasteiger partial charge in [0.25, 0.3) is 5.56 Å². The number of nitrogens with zero attached hydrogens (tertiary/aromatic N) is 1. The second kappa shape index (κ2) is 3.76. The lowest BCUT2D eigenvalue weighted by Crippen LogP contribution is -2.21. The summed E-state index contributed by atoms with van der Waals surface area (Å²) < 4.78 is 0.689. The van der Waals surface area contributed by atoms with Gasteiger partial charge in [0.1, 0.15) is 0 Å². The zero-order chi connectivity index (χ0) is 9.14. The Kier molecular flexibility index (Phi) is 2.92. The first-order valence-corrected chi connectivity index (χ1v) is 4.75. The molecule has 66 valence electrons. The Balaban J connectivity index is 3.18. The summed E-state index contributed by atoms with van der Waals surface area (Å²) in [6, 6.07) is 3.19. The predicted molar refractivity (Wildman–Crippen MR) is 50.1 cm³/mol. The maximum atomic E-state index is 11.0. The normalized spacial score (nSPS) is 10.2. The van der Waals surface area contributed by atoms with Crippen LogP contribution in [-0.2, 0) is 6.42 Å². The van der Waals surface area contributed by atoms with Crippen LogP contribution in [0, 0.1) is 6.92 Å². The minimum absolute atomic E-state index is 0.369. The minimum atomic E-state index is -0.369. The van der Waals surface area contributed by atoms with Gasteiger partial charge < -0.3 is 5.21 Å². The molecule has 0 fully saturated rings. The summed E-state index contributed by atoms with van der Waals surface area (Å²) in [6.07, 6.45) is 0.646. The van der Waals surface area contributed by atoms with Crippen molar-refractivity contribution in [3.05, 3.63) is 33.7 Å². The van der Waals surface area contributed by atoms with Crippen LogP contribution in [0.3, 0.4) is 0 Å². The van der Waals surface area contributed by atoms with Crippen molar-refractivity contribution >= 4 is 15.9 Å². The second-order valence-corrected chi connectivity index (χ2v) is 3.41. The second-order valence-electron chi connectivity index (χ2n) is 2.61. The highest BCUT2D eigenvalue weighted by atomic mass is 79.9. The fourth-order valence-corrected chi connectivity index (χ4v) is 1.44. The molecule has 0 atom stereocenters. The van der Waals surface area contributed by atoms with E-state index in [-0.39, 0.29) is 5.56 Å². The Bertz CT molecular complexity index is 332. The van der Waals surface area contributed by atoms with Crippen molar-refractivity contribution < 1.29 is 5.21 Å². The summed E-state index contributed by atoms with van der Waals surface area (Å²) >= 11 is 3.24. The van der Waals surface area contributed by atoms with Crippen LogP contribution in [0.15, 0.2) is 16.9 Å². The maximum absolute atomic E-state index is 11.0. The Morgan fingerprint density at radius 3 is 2.83 bits per heavy atom. The van der Waals surface area contributed by atoms with E-state index in [0.29, 0.717) is 16.8 Å². The molecule has 0 spiro atoms. The lowest BCUT2D eigenvalue weighted by atomic mass is 10.2. The lowest BCUT2D eigenvalue weighted by molar-refractivity contribution is 0.165. The molecule has 0 saturated carbocycles. The highest BCUT2D eigenvalue weighted by Gasteiger charge is 2.01. The average Bonchev–Trinajstić information content (AvgIpc) is 2.00. The van der Waals surface area contributed by atoms with Crippen LogP contribution in [0.4, 0.5) is 0 Å². The third-order valence-electron chi connectivity index (χ3n) is 1.58. The fraction of sp³-hybridized carbons (Fsp3) is 0.375. The molecule has 0 aliphatic rings. The molecule has 0 bridgehead atoms. The van der Waals surface area contributed by atoms with Crippen LogP contribution in [0.2, 0.25) is 0 Å². The third kappa shape index (κ3) is 1.88. The first-order valence-electron chi connectivity index (χ1n) is 3.63. The zero-order valence-corrected chi connectivity index (χ0v) is 8.34. The summed E-state index contributed by atoms with van der Waals surface area (Å²) in [6.45, 7) is 1.83. The highest BCUT2D eigenvalue weighted by Crippen LogP contribution is 2.01. The molecule has 4 heteroatoms. The van der Waals surface area contributed by atoms with Gasteiger partial charge >= 0.3 is 0 Å². The number of alkyl halides is 1. The summed E-state index contributed by atoms with van der Waals surface area (Å²) in [5, 5.41) is 9.97. The van der Waals surface area contributed by atoms with Gasteiger partial charge in [0, 0.05) is 17.8 Å². The van der Waals surface area contributed by atoms with Gasteiger partial charge in [-0.3, -0.25) is 4.79 Å². The Labute approximate surface area is 78.7 Å². The Morgan fingerprint density at radius 1 is 1.58 bits per heavy atom. The molecule has 1 aromatic heterocycles. The lowest BCUT2D eigenvalue weighted by Gasteiger charge is -2.04. The van der Waals surface area contributed by atoms with Crippen molar-refractivity contribution in [1.29, 1.82) is 0 Å². The number of hydrogen-bond acceptors (Lipinski definition) is 2. The average molecular weight is 232 g/mol. The standard InChI is InChI=1S/C8H10BrNO2/c1-6-4-7(2-3-9)10(12)8(11)5-6/h4-5,12H,2-3H2,1H3. The molecule has 0 aromatic carbocycles. The SMILES string of the molecule is Cc1cc(CCBr)n(O)c(=O)c1. The van der Waals surface area contributed by atoms with Crippen LogP contribution >= 0.6 is 15.9 Å². The van der Waals surface area contributed by atoms with Crippen molar-refractivity contribution in [2.24, 2.45) is 0 Å². The number of hydrogen-bond donors (Lipinski definition) is 1. The number of rotatable bonds is 2. The van der Waals surface area contributed by atoms with Crippen molar-refractivity contribution in [3.8, 4) is 0 Å². The van der Waals surface area contributed by atoms with Crippen LogP contribution in [0.5, 0.6) is 0 Å². The maximum Gasteiger partial charge on any atom is 0.283 e. The largest absolute Gasteiger partial charge is 0.425 e. The number of aromatic nitrogens is 1. The number of halogens is 1. The van der Waals surface area contributed by atoms with E-state index in [9.17, 15) is 10.0 Å². The van der Waals surface area contributed by atoms with Gasteiger partial charge in [0.2, 0.25) is 0 Å². The van der Waals surface area contributed by atoms with Gasteiger partial charge in [-0.15, -0.1) is 0 Å². The molecular weight excluding hydrogens is 222 g/mol. The van der Waals surface area contributed by atoms with E-state index in [1.165, 1.54) is 6.07 Å². The Morgan fingerprint density at radius 2 is 2.25 bits per heavy atom. The van der Waals surface area contributed by atoms with Crippen molar-refractivity contribution in [2.45, 2.75) is 13.3 Å². The van der Waals surface area contributed by atoms with E-state index >= 15 is 0 Å². The molecule has 12 heavy (non-hydrogen) atoms. The van der Waals surface area contributed by atoms with Crippen LogP contribution < -0.4 is 5.56 Å². The molecule has 0 aliphatic carbocycles. The third-order valence-corrected chi connectivity index (χ3v) is 1.97. The van der Waals surface area contributed by atoms with Crippen LogP contribution in [-0.4, -0.2) is 15.3 Å². The van der Waals surface area contributed by atoms with E-state index in [1.54, 1.807) is 6.07 Å². The minimum Gasteiger partial charge on any atom is -0.425 e. The first kappa shape index (κ1) is 9.32. The number of pyridine rings is 1. The van der Waals surface area contributed by atoms with E-state index in [1.807, 2.05) is 6.92 Å². The monoisotopic (exact) mass is 231 g/mol. The molecule has 3 nitrogen and oxygen atoms in total. The summed E-state index contributed by atoms with van der Waals surface area (Å²) in [5.74, 6) is 0. The van der Waals surface area contributed by atoms with Crippen molar-refractivity contribution in [2.75, 3.05) is 5.33 Å². The molecule has 0 aliphatic heterocycles. The smallest absolute Gasteiger partial charge is 0.283 e. The van der Waals surface area contributed by atoms with E-state index < -0.39 is 0 Å².